The zero-order chi connectivity index (χ0) is 14.0. The van der Waals surface area contributed by atoms with Crippen molar-refractivity contribution in [2.75, 3.05) is 0 Å². The number of halogens is 2. The largest absolute Gasteiger partial charge is 4.00 e. The summed E-state index contributed by atoms with van der Waals surface area (Å²) in [5, 5.41) is 0. The Balaban J connectivity index is -0.000000270. The molecule has 0 aromatic rings. The van der Waals surface area contributed by atoms with E-state index in [0.29, 0.717) is 11.8 Å². The summed E-state index contributed by atoms with van der Waals surface area (Å²) in [5.41, 5.74) is 8.49. The van der Waals surface area contributed by atoms with Crippen LogP contribution in [0.4, 0.5) is 0 Å². The molecule has 2 rings (SSSR count). The molecule has 0 amide bonds. The maximum Gasteiger partial charge on any atom is 4.00 e. The molecule has 0 bridgehead atoms. The van der Waals surface area contributed by atoms with Gasteiger partial charge in [0.25, 0.3) is 0 Å². The number of hydrogen-bond acceptors (Lipinski definition) is 0. The molecule has 3 heteroatoms. The number of hydrogen-bond donors (Lipinski definition) is 0. The molecule has 0 nitrogen and oxygen atoms in total. The summed E-state index contributed by atoms with van der Waals surface area (Å²) in [6.07, 6.45) is 6.72. The van der Waals surface area contributed by atoms with Gasteiger partial charge in [-0.15, -0.1) is 13.8 Å². The van der Waals surface area contributed by atoms with Crippen molar-refractivity contribution < 1.29 is 51.0 Å². The molecular formula is C18H26Cl2Zr. The van der Waals surface area contributed by atoms with Crippen LogP contribution in [0.3, 0.4) is 0 Å². The molecule has 21 heavy (non-hydrogen) atoms. The normalized spacial score (nSPS) is 23.2. The van der Waals surface area contributed by atoms with Crippen LogP contribution in [0.25, 0.3) is 0 Å². The molecule has 0 radical (unpaired) electrons. The van der Waals surface area contributed by atoms with Gasteiger partial charge in [0.1, 0.15) is 0 Å². The van der Waals surface area contributed by atoms with Crippen LogP contribution in [0, 0.1) is 24.0 Å². The Labute approximate surface area is 163 Å². The zero-order valence-electron chi connectivity index (χ0n) is 14.4. The summed E-state index contributed by atoms with van der Waals surface area (Å²) in [5.74, 6) is 1.12. The van der Waals surface area contributed by atoms with Crippen LogP contribution >= 0.6 is 0 Å². The van der Waals surface area contributed by atoms with Crippen LogP contribution in [0.15, 0.2) is 33.4 Å². The van der Waals surface area contributed by atoms with E-state index in [0.717, 1.165) is 0 Å². The molecule has 116 valence electrons. The smallest absolute Gasteiger partial charge is 1.00 e. The first-order valence-corrected chi connectivity index (χ1v) is 6.81. The van der Waals surface area contributed by atoms with Crippen molar-refractivity contribution in [2.45, 2.75) is 55.4 Å². The van der Waals surface area contributed by atoms with Crippen LogP contribution in [0.5, 0.6) is 0 Å². The minimum Gasteiger partial charge on any atom is -1.00 e. The van der Waals surface area contributed by atoms with Gasteiger partial charge in [-0.2, -0.15) is 22.3 Å². The fourth-order valence-electron chi connectivity index (χ4n) is 2.32. The molecule has 0 aliphatic heterocycles. The zero-order valence-corrected chi connectivity index (χ0v) is 18.4. The molecule has 0 saturated heterocycles. The minimum absolute atomic E-state index is 0. The Bertz CT molecular complexity index is 424. The summed E-state index contributed by atoms with van der Waals surface area (Å²) >= 11 is 0. The van der Waals surface area contributed by atoms with Gasteiger partial charge in [0.15, 0.2) is 0 Å². The second kappa shape index (κ2) is 11.0. The standard InChI is InChI=1S/2C9H13.2ClH.Zr/c2*1-6-5-7(2)9(4)8(6)3;;;/h2*6H,1-4H3;2*1H;/q2*-1;;;+4/p-2. The summed E-state index contributed by atoms with van der Waals surface area (Å²) in [7, 11) is 0. The van der Waals surface area contributed by atoms with E-state index in [2.05, 4.69) is 67.5 Å². The molecule has 0 aromatic heterocycles. The monoisotopic (exact) mass is 402 g/mol. The second-order valence-corrected chi connectivity index (χ2v) is 5.60. The SMILES string of the molecule is CC1=[C-]C(C)C(C)=C1C.CC1=[C-]C(C)C(C)=C1C.[Cl-].[Cl-].[Zr+4]. The Hall–Kier alpha value is 0.423. The molecule has 0 fully saturated rings. The van der Waals surface area contributed by atoms with E-state index in [1.165, 1.54) is 33.4 Å². The summed E-state index contributed by atoms with van der Waals surface area (Å²) < 4.78 is 0. The molecule has 2 aliphatic rings. The third kappa shape index (κ3) is 6.59. The fraction of sp³-hybridized carbons (Fsp3) is 0.556. The van der Waals surface area contributed by atoms with Gasteiger partial charge in [-0.3, -0.25) is 12.2 Å². The summed E-state index contributed by atoms with van der Waals surface area (Å²) in [4.78, 5) is 0. The molecule has 0 heterocycles. The van der Waals surface area contributed by atoms with Crippen LogP contribution in [-0.2, 0) is 26.2 Å². The average molecular weight is 405 g/mol. The van der Waals surface area contributed by atoms with Crippen molar-refractivity contribution in [1.82, 2.24) is 0 Å². The van der Waals surface area contributed by atoms with Gasteiger partial charge in [-0.1, -0.05) is 53.4 Å². The Morgan fingerprint density at radius 1 is 0.619 bits per heavy atom. The summed E-state index contributed by atoms with van der Waals surface area (Å²) in [6.45, 7) is 17.3. The van der Waals surface area contributed by atoms with Gasteiger partial charge in [0.05, 0.1) is 0 Å². The molecule has 2 aliphatic carbocycles. The van der Waals surface area contributed by atoms with Crippen molar-refractivity contribution >= 4 is 0 Å². The first-order valence-electron chi connectivity index (χ1n) is 6.81. The van der Waals surface area contributed by atoms with Crippen LogP contribution in [0.1, 0.15) is 55.4 Å². The van der Waals surface area contributed by atoms with E-state index in [9.17, 15) is 0 Å². The average Bonchev–Trinajstić information content (AvgIpc) is 2.66. The molecule has 0 aromatic carbocycles. The van der Waals surface area contributed by atoms with Crippen LogP contribution < -0.4 is 24.8 Å². The van der Waals surface area contributed by atoms with Crippen LogP contribution in [0.2, 0.25) is 0 Å². The molecule has 0 spiro atoms. The van der Waals surface area contributed by atoms with Crippen molar-refractivity contribution in [1.29, 1.82) is 0 Å². The van der Waals surface area contributed by atoms with Crippen LogP contribution in [-0.4, -0.2) is 0 Å². The second-order valence-electron chi connectivity index (χ2n) is 5.60. The number of rotatable bonds is 0. The molecule has 2 atom stereocenters. The number of allylic oxidation sites excluding steroid dienone is 8. The van der Waals surface area contributed by atoms with Gasteiger partial charge in [0, 0.05) is 0 Å². The topological polar surface area (TPSA) is 0 Å². The van der Waals surface area contributed by atoms with E-state index in [1.807, 2.05) is 0 Å². The van der Waals surface area contributed by atoms with E-state index >= 15 is 0 Å². The Morgan fingerprint density at radius 2 is 0.857 bits per heavy atom. The fourth-order valence-corrected chi connectivity index (χ4v) is 2.32. The van der Waals surface area contributed by atoms with E-state index in [1.54, 1.807) is 0 Å². The van der Waals surface area contributed by atoms with Crippen molar-refractivity contribution in [2.24, 2.45) is 11.8 Å². The van der Waals surface area contributed by atoms with Gasteiger partial charge < -0.3 is 24.8 Å². The third-order valence-corrected chi connectivity index (χ3v) is 4.47. The molecule has 0 N–H and O–H groups in total. The van der Waals surface area contributed by atoms with Gasteiger partial charge in [-0.05, 0) is 0 Å². The van der Waals surface area contributed by atoms with Gasteiger partial charge >= 0.3 is 26.2 Å². The quantitative estimate of drug-likeness (QED) is 0.476. The predicted octanol–water partition coefficient (Wildman–Crippen LogP) is -0.551. The van der Waals surface area contributed by atoms with Gasteiger partial charge in [-0.25, -0.2) is 11.1 Å². The first kappa shape index (κ1) is 26.3. The van der Waals surface area contributed by atoms with Gasteiger partial charge in [0.2, 0.25) is 0 Å². The predicted molar refractivity (Wildman–Crippen MR) is 79.9 cm³/mol. The van der Waals surface area contributed by atoms with Crippen molar-refractivity contribution in [3.8, 4) is 0 Å². The molecule has 0 saturated carbocycles. The molecular weight excluding hydrogens is 378 g/mol. The maximum absolute atomic E-state index is 3.36. The van der Waals surface area contributed by atoms with E-state index < -0.39 is 0 Å². The summed E-state index contributed by atoms with van der Waals surface area (Å²) in [6, 6.07) is 0. The van der Waals surface area contributed by atoms with E-state index in [-0.39, 0.29) is 51.0 Å². The first-order chi connectivity index (χ1) is 8.25. The molecule has 2 unspecified atom stereocenters. The van der Waals surface area contributed by atoms with E-state index in [4.69, 9.17) is 0 Å². The third-order valence-electron chi connectivity index (χ3n) is 4.47. The Kier molecular flexibility index (Phi) is 13.8. The van der Waals surface area contributed by atoms with Crippen molar-refractivity contribution in [3.05, 3.63) is 45.6 Å². The Morgan fingerprint density at radius 3 is 0.905 bits per heavy atom. The van der Waals surface area contributed by atoms with Crippen molar-refractivity contribution in [3.63, 3.8) is 0 Å². The maximum atomic E-state index is 3.36. The minimum atomic E-state index is 0.